The molecule has 0 amide bonds. The fourth-order valence-electron chi connectivity index (χ4n) is 2.65. The van der Waals surface area contributed by atoms with Crippen LogP contribution in [0.3, 0.4) is 0 Å². The van der Waals surface area contributed by atoms with Gasteiger partial charge in [0.05, 0.1) is 50.0 Å². The van der Waals surface area contributed by atoms with Gasteiger partial charge in [-0.2, -0.15) is 13.2 Å². The van der Waals surface area contributed by atoms with Gasteiger partial charge in [0.25, 0.3) is 0 Å². The number of nitrogens with zero attached hydrogens (tertiary/aromatic N) is 3. The van der Waals surface area contributed by atoms with Crippen LogP contribution in [-0.2, 0) is 15.8 Å². The zero-order valence-corrected chi connectivity index (χ0v) is 13.5. The largest absolute Gasteiger partial charge is 0.416 e. The lowest BCUT2D eigenvalue weighted by atomic mass is 10.0. The number of benzene rings is 1. The van der Waals surface area contributed by atoms with Crippen LogP contribution >= 0.6 is 0 Å². The monoisotopic (exact) mass is 354 g/mol. The van der Waals surface area contributed by atoms with E-state index < -0.39 is 11.7 Å². The molecule has 0 spiro atoms. The Morgan fingerprint density at radius 3 is 2.48 bits per heavy atom. The Labute approximate surface area is 142 Å². The van der Waals surface area contributed by atoms with Crippen LogP contribution in [0.15, 0.2) is 36.7 Å². The molecule has 1 atom stereocenters. The Bertz CT molecular complexity index is 692. The minimum Gasteiger partial charge on any atom is -0.377 e. The molecule has 1 saturated heterocycles. The Morgan fingerprint density at radius 1 is 1.20 bits per heavy atom. The quantitative estimate of drug-likeness (QED) is 0.852. The summed E-state index contributed by atoms with van der Waals surface area (Å²) in [7, 11) is 1.48. The van der Waals surface area contributed by atoms with E-state index in [0.29, 0.717) is 31.4 Å². The summed E-state index contributed by atoms with van der Waals surface area (Å²) in [6.07, 6.45) is -1.20. The van der Waals surface area contributed by atoms with Gasteiger partial charge in [-0.3, -0.25) is 10.3 Å². The number of nitrogens with one attached hydrogen (secondary N) is 1. The second-order valence-corrected chi connectivity index (χ2v) is 5.48. The molecule has 1 aliphatic rings. The van der Waals surface area contributed by atoms with Gasteiger partial charge in [0, 0.05) is 6.54 Å². The second kappa shape index (κ2) is 7.24. The molecule has 0 aliphatic carbocycles. The molecule has 1 N–H and O–H groups in total. The highest BCUT2D eigenvalue weighted by Gasteiger charge is 2.31. The van der Waals surface area contributed by atoms with Crippen LogP contribution in [0.4, 0.5) is 24.8 Å². The lowest BCUT2D eigenvalue weighted by molar-refractivity contribution is -0.137. The first-order chi connectivity index (χ1) is 12.0. The first-order valence-electron chi connectivity index (χ1n) is 7.61. The van der Waals surface area contributed by atoms with E-state index in [1.165, 1.54) is 19.2 Å². The van der Waals surface area contributed by atoms with Crippen molar-refractivity contribution in [3.63, 3.8) is 0 Å². The predicted molar refractivity (Wildman–Crippen MR) is 85.0 cm³/mol. The average Bonchev–Trinajstić information content (AvgIpc) is 2.62. The zero-order chi connectivity index (χ0) is 17.9. The van der Waals surface area contributed by atoms with Crippen molar-refractivity contribution in [1.29, 1.82) is 0 Å². The van der Waals surface area contributed by atoms with E-state index in [4.69, 9.17) is 9.57 Å². The highest BCUT2D eigenvalue weighted by atomic mass is 19.4. The third-order valence-electron chi connectivity index (χ3n) is 3.87. The summed E-state index contributed by atoms with van der Waals surface area (Å²) < 4.78 is 43.7. The number of morpholine rings is 1. The summed E-state index contributed by atoms with van der Waals surface area (Å²) in [5, 5.41) is 0. The first kappa shape index (κ1) is 17.4. The minimum atomic E-state index is -4.35. The van der Waals surface area contributed by atoms with Crippen molar-refractivity contribution < 1.29 is 22.7 Å². The van der Waals surface area contributed by atoms with Crippen molar-refractivity contribution in [3.8, 4) is 0 Å². The Hall–Kier alpha value is -2.39. The molecule has 3 rings (SSSR count). The minimum absolute atomic E-state index is 0.253. The first-order valence-corrected chi connectivity index (χ1v) is 7.61. The summed E-state index contributed by atoms with van der Waals surface area (Å²) >= 11 is 0. The van der Waals surface area contributed by atoms with Crippen LogP contribution in [0.5, 0.6) is 0 Å². The summed E-state index contributed by atoms with van der Waals surface area (Å²) in [4.78, 5) is 15.3. The van der Waals surface area contributed by atoms with Gasteiger partial charge < -0.3 is 9.64 Å². The Kier molecular flexibility index (Phi) is 5.05. The molecule has 2 heterocycles. The molecule has 6 nitrogen and oxygen atoms in total. The highest BCUT2D eigenvalue weighted by molar-refractivity contribution is 5.43. The molecular formula is C16H17F3N4O2. The molecule has 1 aliphatic heterocycles. The SMILES string of the molecule is CONc1cnc(N2CCOCC2c2ccc(C(F)(F)F)cc2)nc1. The number of ether oxygens (including phenoxy) is 1. The molecule has 1 unspecified atom stereocenters. The van der Waals surface area contributed by atoms with Gasteiger partial charge in [-0.25, -0.2) is 9.97 Å². The number of hydrogen-bond donors (Lipinski definition) is 1. The Balaban J connectivity index is 1.83. The summed E-state index contributed by atoms with van der Waals surface area (Å²) in [5.41, 5.74) is 3.27. The maximum atomic E-state index is 12.7. The van der Waals surface area contributed by atoms with E-state index in [0.717, 1.165) is 17.7 Å². The van der Waals surface area contributed by atoms with Gasteiger partial charge in [0.1, 0.15) is 0 Å². The van der Waals surface area contributed by atoms with Crippen molar-refractivity contribution in [2.75, 3.05) is 37.2 Å². The lowest BCUT2D eigenvalue weighted by Crippen LogP contribution is -2.40. The Morgan fingerprint density at radius 2 is 1.88 bits per heavy atom. The van der Waals surface area contributed by atoms with E-state index in [2.05, 4.69) is 15.4 Å². The molecular weight excluding hydrogens is 337 g/mol. The van der Waals surface area contributed by atoms with Crippen molar-refractivity contribution in [2.24, 2.45) is 0 Å². The standard InChI is InChI=1S/C16H17F3N4O2/c1-24-22-13-8-20-15(21-9-13)23-6-7-25-10-14(23)11-2-4-12(5-3-11)16(17,18)19/h2-5,8-9,14,22H,6-7,10H2,1H3. The zero-order valence-electron chi connectivity index (χ0n) is 13.5. The van der Waals surface area contributed by atoms with Crippen molar-refractivity contribution >= 4 is 11.6 Å². The van der Waals surface area contributed by atoms with Crippen molar-refractivity contribution in [3.05, 3.63) is 47.8 Å². The molecule has 0 bridgehead atoms. The number of halogens is 3. The number of aromatic nitrogens is 2. The van der Waals surface area contributed by atoms with E-state index in [1.54, 1.807) is 12.4 Å². The van der Waals surface area contributed by atoms with E-state index in [9.17, 15) is 13.2 Å². The number of alkyl halides is 3. The molecule has 1 aromatic heterocycles. The summed E-state index contributed by atoms with van der Waals surface area (Å²) in [5.74, 6) is 0.481. The van der Waals surface area contributed by atoms with Crippen LogP contribution < -0.4 is 10.4 Å². The molecule has 0 saturated carbocycles. The third-order valence-corrected chi connectivity index (χ3v) is 3.87. The van der Waals surface area contributed by atoms with Gasteiger partial charge in [-0.1, -0.05) is 12.1 Å². The van der Waals surface area contributed by atoms with E-state index >= 15 is 0 Å². The van der Waals surface area contributed by atoms with Crippen LogP contribution in [0.1, 0.15) is 17.2 Å². The average molecular weight is 354 g/mol. The number of anilines is 2. The second-order valence-electron chi connectivity index (χ2n) is 5.48. The molecule has 9 heteroatoms. The van der Waals surface area contributed by atoms with Crippen LogP contribution in [0, 0.1) is 0 Å². The van der Waals surface area contributed by atoms with Gasteiger partial charge in [-0.15, -0.1) is 0 Å². The maximum absolute atomic E-state index is 12.7. The van der Waals surface area contributed by atoms with Crippen LogP contribution in [0.2, 0.25) is 0 Å². The van der Waals surface area contributed by atoms with Gasteiger partial charge in [0.2, 0.25) is 5.95 Å². The number of rotatable bonds is 4. The molecule has 25 heavy (non-hydrogen) atoms. The molecule has 134 valence electrons. The topological polar surface area (TPSA) is 59.5 Å². The van der Waals surface area contributed by atoms with E-state index in [1.807, 2.05) is 4.90 Å². The fourth-order valence-corrected chi connectivity index (χ4v) is 2.65. The maximum Gasteiger partial charge on any atom is 0.416 e. The number of hydrogen-bond acceptors (Lipinski definition) is 6. The van der Waals surface area contributed by atoms with Crippen LogP contribution in [0.25, 0.3) is 0 Å². The van der Waals surface area contributed by atoms with Gasteiger partial charge >= 0.3 is 6.18 Å². The summed E-state index contributed by atoms with van der Waals surface area (Å²) in [6.45, 7) is 1.40. The fraction of sp³-hybridized carbons (Fsp3) is 0.375. The lowest BCUT2D eigenvalue weighted by Gasteiger charge is -2.36. The van der Waals surface area contributed by atoms with Gasteiger partial charge in [0.15, 0.2) is 0 Å². The normalized spacial score (nSPS) is 18.2. The summed E-state index contributed by atoms with van der Waals surface area (Å²) in [6, 6.07) is 4.84. The molecule has 1 fully saturated rings. The van der Waals surface area contributed by atoms with Crippen molar-refractivity contribution in [1.82, 2.24) is 9.97 Å². The molecule has 0 radical (unpaired) electrons. The smallest absolute Gasteiger partial charge is 0.377 e. The third kappa shape index (κ3) is 3.99. The van der Waals surface area contributed by atoms with Crippen molar-refractivity contribution in [2.45, 2.75) is 12.2 Å². The molecule has 2 aromatic rings. The van der Waals surface area contributed by atoms with Gasteiger partial charge in [-0.05, 0) is 17.7 Å². The van der Waals surface area contributed by atoms with Crippen LogP contribution in [-0.4, -0.2) is 36.8 Å². The van der Waals surface area contributed by atoms with E-state index in [-0.39, 0.29) is 6.04 Å². The highest BCUT2D eigenvalue weighted by Crippen LogP contribution is 2.32. The molecule has 1 aromatic carbocycles. The predicted octanol–water partition coefficient (Wildman–Crippen LogP) is 3.05.